The van der Waals surface area contributed by atoms with Gasteiger partial charge in [0.15, 0.2) is 0 Å². The Labute approximate surface area is 112 Å². The van der Waals surface area contributed by atoms with Gasteiger partial charge in [-0.3, -0.25) is 0 Å². The van der Waals surface area contributed by atoms with E-state index >= 15 is 0 Å². The van der Waals surface area contributed by atoms with Crippen LogP contribution in [0.25, 0.3) is 0 Å². The van der Waals surface area contributed by atoms with E-state index in [0.29, 0.717) is 16.5 Å². The van der Waals surface area contributed by atoms with Crippen molar-refractivity contribution in [2.24, 2.45) is 0 Å². The van der Waals surface area contributed by atoms with Gasteiger partial charge in [-0.1, -0.05) is 11.6 Å². The number of hydrogen-bond acceptors (Lipinski definition) is 2. The van der Waals surface area contributed by atoms with E-state index in [-0.39, 0.29) is 5.82 Å². The van der Waals surface area contributed by atoms with E-state index < -0.39 is 0 Å². The lowest BCUT2D eigenvalue weighted by Crippen LogP contribution is -1.96. The molecule has 0 aliphatic rings. The van der Waals surface area contributed by atoms with Crippen LogP contribution in [-0.2, 0) is 0 Å². The number of aromatic nitrogens is 1. The molecule has 0 aliphatic carbocycles. The van der Waals surface area contributed by atoms with E-state index in [2.05, 4.69) is 26.2 Å². The lowest BCUT2D eigenvalue weighted by molar-refractivity contribution is 0.628. The molecule has 1 aromatic carbocycles. The normalized spacial score (nSPS) is 10.4. The van der Waals surface area contributed by atoms with E-state index in [9.17, 15) is 4.39 Å². The van der Waals surface area contributed by atoms with Crippen molar-refractivity contribution in [3.05, 3.63) is 51.3 Å². The summed E-state index contributed by atoms with van der Waals surface area (Å²) in [5.74, 6) is 0.305. The number of anilines is 2. The summed E-state index contributed by atoms with van der Waals surface area (Å²) in [6.45, 7) is 1.89. The standard InChI is InChI=1S/C12H9BrClFN2/c1-7-9(13)3-5-12(16-7)17-11-4-2-8(15)6-10(11)14/h2-6H,1H3,(H,16,17). The summed E-state index contributed by atoms with van der Waals surface area (Å²) in [5.41, 5.74) is 1.50. The quantitative estimate of drug-likeness (QED) is 0.869. The molecule has 0 bridgehead atoms. The van der Waals surface area contributed by atoms with Crippen molar-refractivity contribution in [1.29, 1.82) is 0 Å². The van der Waals surface area contributed by atoms with Crippen molar-refractivity contribution < 1.29 is 4.39 Å². The topological polar surface area (TPSA) is 24.9 Å². The number of nitrogens with one attached hydrogen (secondary N) is 1. The number of rotatable bonds is 2. The third-order valence-electron chi connectivity index (χ3n) is 2.22. The van der Waals surface area contributed by atoms with Gasteiger partial charge in [0.2, 0.25) is 0 Å². The molecular formula is C12H9BrClFN2. The molecule has 0 saturated carbocycles. The van der Waals surface area contributed by atoms with Crippen molar-refractivity contribution >= 4 is 39.0 Å². The number of aryl methyl sites for hydroxylation is 1. The van der Waals surface area contributed by atoms with E-state index in [4.69, 9.17) is 11.6 Å². The molecular weight excluding hydrogens is 307 g/mol. The fourth-order valence-electron chi connectivity index (χ4n) is 1.34. The molecule has 1 N–H and O–H groups in total. The summed E-state index contributed by atoms with van der Waals surface area (Å²) in [4.78, 5) is 4.32. The maximum atomic E-state index is 12.9. The molecule has 88 valence electrons. The minimum absolute atomic E-state index is 0.326. The van der Waals surface area contributed by atoms with Gasteiger partial charge in [-0.25, -0.2) is 9.37 Å². The van der Waals surface area contributed by atoms with Crippen LogP contribution in [0.4, 0.5) is 15.9 Å². The number of benzene rings is 1. The summed E-state index contributed by atoms with van der Waals surface area (Å²) >= 11 is 9.28. The summed E-state index contributed by atoms with van der Waals surface area (Å²) in [5, 5.41) is 3.36. The molecule has 0 saturated heterocycles. The molecule has 1 heterocycles. The molecule has 2 rings (SSSR count). The highest BCUT2D eigenvalue weighted by Crippen LogP contribution is 2.26. The average Bonchev–Trinajstić information content (AvgIpc) is 2.27. The van der Waals surface area contributed by atoms with E-state index in [1.807, 2.05) is 19.1 Å². The van der Waals surface area contributed by atoms with E-state index in [1.54, 1.807) is 6.07 Å². The maximum absolute atomic E-state index is 12.9. The summed E-state index contributed by atoms with van der Waals surface area (Å²) in [6.07, 6.45) is 0. The van der Waals surface area contributed by atoms with Crippen molar-refractivity contribution in [3.8, 4) is 0 Å². The first kappa shape index (κ1) is 12.3. The minimum atomic E-state index is -0.361. The van der Waals surface area contributed by atoms with Gasteiger partial charge in [-0.2, -0.15) is 0 Å². The molecule has 0 spiro atoms. The first-order chi connectivity index (χ1) is 8.06. The Kier molecular flexibility index (Phi) is 3.64. The van der Waals surface area contributed by atoms with E-state index in [1.165, 1.54) is 12.1 Å². The average molecular weight is 316 g/mol. The van der Waals surface area contributed by atoms with Crippen molar-refractivity contribution in [2.75, 3.05) is 5.32 Å². The van der Waals surface area contributed by atoms with Crippen LogP contribution in [0.1, 0.15) is 5.69 Å². The SMILES string of the molecule is Cc1nc(Nc2ccc(F)cc2Cl)ccc1Br. The monoisotopic (exact) mass is 314 g/mol. The van der Waals surface area contributed by atoms with Crippen LogP contribution in [0.15, 0.2) is 34.8 Å². The molecule has 0 fully saturated rings. The van der Waals surface area contributed by atoms with Crippen molar-refractivity contribution in [3.63, 3.8) is 0 Å². The third kappa shape index (κ3) is 2.96. The van der Waals surface area contributed by atoms with Gasteiger partial charge in [0.05, 0.1) is 16.4 Å². The summed E-state index contributed by atoms with van der Waals surface area (Å²) in [6, 6.07) is 7.89. The Morgan fingerprint density at radius 2 is 2.06 bits per heavy atom. The Hall–Kier alpha value is -1.13. The van der Waals surface area contributed by atoms with Crippen LogP contribution >= 0.6 is 27.5 Å². The lowest BCUT2D eigenvalue weighted by atomic mass is 10.3. The van der Waals surface area contributed by atoms with E-state index in [0.717, 1.165) is 10.2 Å². The van der Waals surface area contributed by atoms with Gasteiger partial charge in [-0.15, -0.1) is 0 Å². The molecule has 0 amide bonds. The molecule has 17 heavy (non-hydrogen) atoms. The highest BCUT2D eigenvalue weighted by atomic mass is 79.9. The second-order valence-corrected chi connectivity index (χ2v) is 4.77. The maximum Gasteiger partial charge on any atom is 0.130 e. The zero-order valence-electron chi connectivity index (χ0n) is 8.97. The first-order valence-electron chi connectivity index (χ1n) is 4.91. The largest absolute Gasteiger partial charge is 0.339 e. The summed E-state index contributed by atoms with van der Waals surface area (Å²) < 4.78 is 13.8. The Bertz CT molecular complexity index is 560. The molecule has 5 heteroatoms. The third-order valence-corrected chi connectivity index (χ3v) is 3.37. The molecule has 1 aromatic heterocycles. The van der Waals surface area contributed by atoms with Gasteiger partial charge >= 0.3 is 0 Å². The van der Waals surface area contributed by atoms with Gasteiger partial charge in [0.25, 0.3) is 0 Å². The molecule has 0 atom stereocenters. The Balaban J connectivity index is 2.28. The predicted octanol–water partition coefficient (Wildman–Crippen LogP) is 4.69. The zero-order chi connectivity index (χ0) is 12.4. The second kappa shape index (κ2) is 5.02. The fourth-order valence-corrected chi connectivity index (χ4v) is 1.78. The van der Waals surface area contributed by atoms with Crippen molar-refractivity contribution in [1.82, 2.24) is 4.98 Å². The Morgan fingerprint density at radius 1 is 1.29 bits per heavy atom. The number of pyridine rings is 1. The molecule has 2 nitrogen and oxygen atoms in total. The second-order valence-electron chi connectivity index (χ2n) is 3.51. The van der Waals surface area contributed by atoms with Gasteiger partial charge in [-0.05, 0) is 53.2 Å². The number of halogens is 3. The van der Waals surface area contributed by atoms with Crippen LogP contribution in [0.2, 0.25) is 5.02 Å². The van der Waals surface area contributed by atoms with Crippen LogP contribution in [0.5, 0.6) is 0 Å². The Morgan fingerprint density at radius 3 is 2.71 bits per heavy atom. The van der Waals surface area contributed by atoms with Gasteiger partial charge < -0.3 is 5.32 Å². The van der Waals surface area contributed by atoms with Crippen LogP contribution in [-0.4, -0.2) is 4.98 Å². The van der Waals surface area contributed by atoms with Crippen LogP contribution < -0.4 is 5.32 Å². The highest BCUT2D eigenvalue weighted by molar-refractivity contribution is 9.10. The van der Waals surface area contributed by atoms with Gasteiger partial charge in [0.1, 0.15) is 11.6 Å². The zero-order valence-corrected chi connectivity index (χ0v) is 11.3. The van der Waals surface area contributed by atoms with Gasteiger partial charge in [0, 0.05) is 4.47 Å². The molecule has 2 aromatic rings. The minimum Gasteiger partial charge on any atom is -0.339 e. The smallest absolute Gasteiger partial charge is 0.130 e. The number of hydrogen-bond donors (Lipinski definition) is 1. The molecule has 0 unspecified atom stereocenters. The first-order valence-corrected chi connectivity index (χ1v) is 6.08. The highest BCUT2D eigenvalue weighted by Gasteiger charge is 2.04. The molecule has 0 aliphatic heterocycles. The molecule has 0 radical (unpaired) electrons. The lowest BCUT2D eigenvalue weighted by Gasteiger charge is -2.08. The fraction of sp³-hybridized carbons (Fsp3) is 0.0833. The number of nitrogens with zero attached hydrogens (tertiary/aromatic N) is 1. The van der Waals surface area contributed by atoms with Crippen molar-refractivity contribution in [2.45, 2.75) is 6.92 Å². The van der Waals surface area contributed by atoms with Crippen LogP contribution in [0.3, 0.4) is 0 Å². The summed E-state index contributed by atoms with van der Waals surface area (Å²) in [7, 11) is 0. The van der Waals surface area contributed by atoms with Crippen LogP contribution in [0, 0.1) is 12.7 Å². The predicted molar refractivity (Wildman–Crippen MR) is 71.4 cm³/mol.